The summed E-state index contributed by atoms with van der Waals surface area (Å²) in [5.41, 5.74) is -5.81. The highest BCUT2D eigenvalue weighted by atomic mass is 35.5. The van der Waals surface area contributed by atoms with Crippen molar-refractivity contribution < 1.29 is 53.5 Å². The Morgan fingerprint density at radius 2 is 1.55 bits per heavy atom. The lowest BCUT2D eigenvalue weighted by atomic mass is 9.90. The van der Waals surface area contributed by atoms with E-state index in [1.54, 1.807) is 5.32 Å². The molecule has 0 spiro atoms. The number of alkyl halides is 9. The molecule has 40 heavy (non-hydrogen) atoms. The Balaban J connectivity index is 1.94. The molecule has 3 nitrogen and oxygen atoms in total. The number of allylic oxidation sites excluding steroid dienone is 1. The predicted octanol–water partition coefficient (Wildman–Crippen LogP) is 8.70. The largest absolute Gasteiger partial charge is 0.417 e. The van der Waals surface area contributed by atoms with Crippen LogP contribution in [0.25, 0.3) is 5.83 Å². The maximum Gasteiger partial charge on any atom is 0.417 e. The molecule has 0 aliphatic heterocycles. The highest BCUT2D eigenvalue weighted by Gasteiger charge is 2.52. The number of amides is 1. The van der Waals surface area contributed by atoms with Crippen molar-refractivity contribution in [3.63, 3.8) is 0 Å². The summed E-state index contributed by atoms with van der Waals surface area (Å²) >= 11 is 11.4. The van der Waals surface area contributed by atoms with Crippen molar-refractivity contribution in [3.05, 3.63) is 74.8 Å². The summed E-state index contributed by atoms with van der Waals surface area (Å²) in [5, 5.41) is 1.24. The van der Waals surface area contributed by atoms with Gasteiger partial charge >= 0.3 is 18.5 Å². The van der Waals surface area contributed by atoms with E-state index in [9.17, 15) is 53.5 Å². The van der Waals surface area contributed by atoms with Gasteiger partial charge in [0.2, 0.25) is 5.91 Å². The van der Waals surface area contributed by atoms with Crippen LogP contribution in [-0.4, -0.2) is 30.6 Å². The number of halogens is 12. The van der Waals surface area contributed by atoms with E-state index in [1.807, 2.05) is 0 Å². The fourth-order valence-electron chi connectivity index (χ4n) is 3.90. The molecule has 1 fully saturated rings. The first-order chi connectivity index (χ1) is 18.2. The molecule has 1 atom stereocenters. The number of hydrogen-bond acceptors (Lipinski definition) is 2. The fraction of sp³-hybridized carbons (Fsp3) is 0.360. The van der Waals surface area contributed by atoms with Crippen LogP contribution in [-0.2, 0) is 11.0 Å². The molecule has 2 aromatic rings. The smallest absolute Gasteiger partial charge is 0.346 e. The van der Waals surface area contributed by atoms with E-state index in [4.69, 9.17) is 23.2 Å². The number of carbonyl (C=O) groups is 2. The number of carbonyl (C=O) groups excluding carboxylic acids is 2. The lowest BCUT2D eigenvalue weighted by Crippen LogP contribution is -2.39. The number of hydrogen-bond donors (Lipinski definition) is 1. The zero-order valence-electron chi connectivity index (χ0n) is 19.8. The molecule has 15 heteroatoms. The summed E-state index contributed by atoms with van der Waals surface area (Å²) in [6.45, 7) is -1.70. The number of nitrogens with one attached hydrogen (secondary N) is 1. The van der Waals surface area contributed by atoms with E-state index in [1.165, 1.54) is 0 Å². The van der Waals surface area contributed by atoms with Crippen molar-refractivity contribution in [1.29, 1.82) is 0 Å². The molecule has 3 rings (SSSR count). The summed E-state index contributed by atoms with van der Waals surface area (Å²) in [5.74, 6) is -6.73. The van der Waals surface area contributed by atoms with Gasteiger partial charge in [-0.2, -0.15) is 39.5 Å². The average Bonchev–Trinajstić information content (AvgIpc) is 3.61. The second-order valence-corrected chi connectivity index (χ2v) is 9.96. The van der Waals surface area contributed by atoms with Crippen molar-refractivity contribution in [2.75, 3.05) is 6.54 Å². The van der Waals surface area contributed by atoms with Crippen molar-refractivity contribution in [2.24, 2.45) is 5.41 Å². The molecule has 0 aromatic heterocycles. The molecule has 1 aliphatic rings. The van der Waals surface area contributed by atoms with Gasteiger partial charge in [-0.15, -0.1) is 0 Å². The van der Waals surface area contributed by atoms with Gasteiger partial charge in [-0.05, 0) is 42.7 Å². The van der Waals surface area contributed by atoms with E-state index >= 15 is 0 Å². The second-order valence-electron chi connectivity index (χ2n) is 9.14. The Morgan fingerprint density at radius 1 is 0.925 bits per heavy atom. The van der Waals surface area contributed by atoms with Crippen LogP contribution in [0.3, 0.4) is 0 Å². The van der Waals surface area contributed by atoms with E-state index in [-0.39, 0.29) is 35.0 Å². The van der Waals surface area contributed by atoms with Crippen LogP contribution in [0.1, 0.15) is 52.2 Å². The third-order valence-electron chi connectivity index (χ3n) is 6.15. The van der Waals surface area contributed by atoms with Crippen LogP contribution in [0, 0.1) is 5.41 Å². The summed E-state index contributed by atoms with van der Waals surface area (Å²) in [7, 11) is 0. The Bertz CT molecular complexity index is 1330. The average molecular weight is 624 g/mol. The van der Waals surface area contributed by atoms with Crippen LogP contribution in [0.2, 0.25) is 10.0 Å². The van der Waals surface area contributed by atoms with Crippen molar-refractivity contribution in [3.8, 4) is 0 Å². The van der Waals surface area contributed by atoms with Gasteiger partial charge < -0.3 is 5.32 Å². The molecular weight excluding hydrogens is 607 g/mol. The Hall–Kier alpha value is -2.80. The maximum atomic E-state index is 15.0. The van der Waals surface area contributed by atoms with Crippen molar-refractivity contribution in [2.45, 2.75) is 43.7 Å². The predicted molar refractivity (Wildman–Crippen MR) is 125 cm³/mol. The van der Waals surface area contributed by atoms with Crippen LogP contribution < -0.4 is 5.32 Å². The first kappa shape index (κ1) is 31.7. The molecule has 218 valence electrons. The molecule has 1 aliphatic carbocycles. The summed E-state index contributed by atoms with van der Waals surface area (Å²) < 4.78 is 135. The summed E-state index contributed by atoms with van der Waals surface area (Å²) in [6, 6.07) is 4.11. The molecule has 0 bridgehead atoms. The summed E-state index contributed by atoms with van der Waals surface area (Å²) in [4.78, 5) is 24.9. The molecule has 1 amide bonds. The van der Waals surface area contributed by atoms with Gasteiger partial charge in [-0.3, -0.25) is 9.59 Å². The number of Topliss-reactive ketones (excluding diaryl/α,β-unsaturated/α-hetero) is 1. The van der Waals surface area contributed by atoms with Crippen LogP contribution in [0.5, 0.6) is 0 Å². The molecule has 1 N–H and O–H groups in total. The van der Waals surface area contributed by atoms with Gasteiger partial charge in [0.05, 0.1) is 21.0 Å². The molecule has 0 saturated heterocycles. The first-order valence-electron chi connectivity index (χ1n) is 11.2. The quantitative estimate of drug-likeness (QED) is 0.236. The molecule has 0 heterocycles. The van der Waals surface area contributed by atoms with Crippen molar-refractivity contribution in [1.82, 2.24) is 5.32 Å². The van der Waals surface area contributed by atoms with Gasteiger partial charge in [0.15, 0.2) is 5.78 Å². The third-order valence-corrected chi connectivity index (χ3v) is 6.89. The van der Waals surface area contributed by atoms with Gasteiger partial charge in [-0.25, -0.2) is 4.39 Å². The minimum absolute atomic E-state index is 0.0424. The van der Waals surface area contributed by atoms with Gasteiger partial charge in [-0.1, -0.05) is 41.4 Å². The van der Waals surface area contributed by atoms with Gasteiger partial charge in [0.25, 0.3) is 0 Å². The normalized spacial score (nSPS) is 16.4. The number of benzene rings is 2. The molecule has 0 radical (unpaired) electrons. The zero-order valence-corrected chi connectivity index (χ0v) is 21.3. The molecule has 1 saturated carbocycles. The minimum atomic E-state index is -5.27. The van der Waals surface area contributed by atoms with E-state index in [0.717, 1.165) is 18.2 Å². The van der Waals surface area contributed by atoms with E-state index in [0.29, 0.717) is 12.1 Å². The second kappa shape index (κ2) is 11.2. The third kappa shape index (κ3) is 7.68. The molecule has 1 unspecified atom stereocenters. The molecular formula is C25H17Cl2F10NO2. The SMILES string of the molecule is O=C(CC1(C(=O)NCC(F)(F)F)CC1)c1ccc(/C(F)=C/C(c2ccc(Cl)c(Cl)c2)C(F)(F)F)cc1C(F)(F)F. The minimum Gasteiger partial charge on any atom is -0.346 e. The highest BCUT2D eigenvalue weighted by molar-refractivity contribution is 6.42. The van der Waals surface area contributed by atoms with Crippen LogP contribution >= 0.6 is 23.2 Å². The van der Waals surface area contributed by atoms with Gasteiger partial charge in [0, 0.05) is 17.5 Å². The van der Waals surface area contributed by atoms with E-state index < -0.39 is 82.6 Å². The standard InChI is InChI=1S/C25H17Cl2F10NO2/c26-17-4-2-12(8-18(17)27)15(24(32,33)34)9-19(28)13-1-3-14(16(7-13)25(35,36)37)20(39)10-22(5-6-22)21(40)38-11-23(29,30)31/h1-4,7-9,15H,5-6,10-11H2,(H,38,40)/b19-9-. The van der Waals surface area contributed by atoms with Crippen LogP contribution in [0.15, 0.2) is 42.5 Å². The Labute approximate surface area is 230 Å². The lowest BCUT2D eigenvalue weighted by Gasteiger charge is -2.19. The topological polar surface area (TPSA) is 46.2 Å². The highest BCUT2D eigenvalue weighted by Crippen LogP contribution is 2.50. The fourth-order valence-corrected chi connectivity index (χ4v) is 4.21. The molecule has 2 aromatic carbocycles. The van der Waals surface area contributed by atoms with Gasteiger partial charge in [0.1, 0.15) is 18.3 Å². The van der Waals surface area contributed by atoms with E-state index in [2.05, 4.69) is 0 Å². The summed E-state index contributed by atoms with van der Waals surface area (Å²) in [6.07, 6.45) is -16.0. The monoisotopic (exact) mass is 623 g/mol. The lowest BCUT2D eigenvalue weighted by molar-refractivity contribution is -0.141. The maximum absolute atomic E-state index is 15.0. The number of rotatable bonds is 8. The van der Waals surface area contributed by atoms with Crippen LogP contribution in [0.4, 0.5) is 43.9 Å². The van der Waals surface area contributed by atoms with Crippen molar-refractivity contribution >= 4 is 40.7 Å². The Morgan fingerprint density at radius 3 is 2.05 bits per heavy atom. The first-order valence-corrected chi connectivity index (χ1v) is 12.0. The zero-order chi connectivity index (χ0) is 30.3. The number of ketones is 1. The Kier molecular flexibility index (Phi) is 8.91.